The number of likely N-dealkylation sites (N-methyl/N-ethyl adjacent to an activating group) is 1. The number of benzene rings is 1. The van der Waals surface area contributed by atoms with Gasteiger partial charge in [-0.2, -0.15) is 0 Å². The van der Waals surface area contributed by atoms with E-state index in [1.54, 1.807) is 11.8 Å². The first kappa shape index (κ1) is 16.6. The van der Waals surface area contributed by atoms with E-state index in [0.29, 0.717) is 4.99 Å². The average Bonchev–Trinajstić information content (AvgIpc) is 3.27. The van der Waals surface area contributed by atoms with Crippen LogP contribution in [0, 0.1) is 5.92 Å². The molecule has 0 unspecified atom stereocenters. The number of thiocarbonyl (C=S) groups is 1. The molecule has 0 radical (unpaired) electrons. The molecule has 0 aliphatic heterocycles. The molecule has 0 spiro atoms. The van der Waals surface area contributed by atoms with Crippen LogP contribution in [-0.2, 0) is 4.74 Å². The van der Waals surface area contributed by atoms with Gasteiger partial charge < -0.3 is 15.4 Å². The van der Waals surface area contributed by atoms with Crippen LogP contribution in [0.2, 0.25) is 0 Å². The maximum atomic E-state index is 5.95. The summed E-state index contributed by atoms with van der Waals surface area (Å²) in [6.45, 7) is 4.63. The maximum absolute atomic E-state index is 5.95. The number of hydrogen-bond acceptors (Lipinski definition) is 4. The summed E-state index contributed by atoms with van der Waals surface area (Å²) in [7, 11) is 2.07. The summed E-state index contributed by atoms with van der Waals surface area (Å²) in [5, 5.41) is 0. The lowest BCUT2D eigenvalue weighted by molar-refractivity contribution is 0.131. The Morgan fingerprint density at radius 2 is 2.24 bits per heavy atom. The van der Waals surface area contributed by atoms with E-state index in [2.05, 4.69) is 37.1 Å². The molecule has 1 aromatic carbocycles. The molecule has 3 nitrogen and oxygen atoms in total. The van der Waals surface area contributed by atoms with Crippen LogP contribution in [0.3, 0.4) is 0 Å². The largest absolute Gasteiger partial charge is 0.389 e. The normalized spacial score (nSPS) is 14.2. The van der Waals surface area contributed by atoms with Crippen LogP contribution in [-0.4, -0.2) is 37.5 Å². The van der Waals surface area contributed by atoms with Crippen molar-refractivity contribution in [3.63, 3.8) is 0 Å². The molecule has 1 aliphatic carbocycles. The van der Waals surface area contributed by atoms with Crippen molar-refractivity contribution in [3.05, 3.63) is 23.8 Å². The number of ether oxygens (including phenoxy) is 1. The van der Waals surface area contributed by atoms with E-state index in [1.165, 1.54) is 12.8 Å². The van der Waals surface area contributed by atoms with Crippen molar-refractivity contribution in [2.24, 2.45) is 11.7 Å². The Hall–Kier alpha value is -0.780. The Morgan fingerprint density at radius 3 is 2.86 bits per heavy atom. The first-order chi connectivity index (χ1) is 10.1. The van der Waals surface area contributed by atoms with E-state index in [-0.39, 0.29) is 0 Å². The smallest absolute Gasteiger partial charge is 0.107 e. The standard InChI is InChI=1S/C16H24N2OS2/c1-3-21-14-6-4-5-13(15(14)16(17)20)18(2)9-10-19-11-12-7-8-12/h4-6,12H,3,7-11H2,1-2H3,(H2,17,20). The van der Waals surface area contributed by atoms with Gasteiger partial charge in [-0.3, -0.25) is 0 Å². The minimum absolute atomic E-state index is 0.465. The second-order valence-corrected chi connectivity index (χ2v) is 7.13. The second-order valence-electron chi connectivity index (χ2n) is 5.39. The fourth-order valence-corrected chi connectivity index (χ4v) is 3.34. The number of hydrogen-bond donors (Lipinski definition) is 1. The van der Waals surface area contributed by atoms with Gasteiger partial charge in [0.05, 0.1) is 6.61 Å². The summed E-state index contributed by atoms with van der Waals surface area (Å²) in [6, 6.07) is 6.23. The molecule has 21 heavy (non-hydrogen) atoms. The van der Waals surface area contributed by atoms with Gasteiger partial charge in [-0.1, -0.05) is 25.2 Å². The number of rotatable bonds is 9. The topological polar surface area (TPSA) is 38.5 Å². The third-order valence-corrected chi connectivity index (χ3v) is 4.73. The molecule has 1 aromatic rings. The van der Waals surface area contributed by atoms with Crippen LogP contribution >= 0.6 is 24.0 Å². The van der Waals surface area contributed by atoms with Gasteiger partial charge in [0.15, 0.2) is 0 Å². The first-order valence-electron chi connectivity index (χ1n) is 7.48. The van der Waals surface area contributed by atoms with Crippen molar-refractivity contribution in [1.82, 2.24) is 0 Å². The Labute approximate surface area is 137 Å². The maximum Gasteiger partial charge on any atom is 0.107 e. The van der Waals surface area contributed by atoms with Gasteiger partial charge in [0, 0.05) is 36.3 Å². The Bertz CT molecular complexity index is 489. The van der Waals surface area contributed by atoms with Gasteiger partial charge in [-0.15, -0.1) is 11.8 Å². The lowest BCUT2D eigenvalue weighted by atomic mass is 10.1. The quantitative estimate of drug-likeness (QED) is 0.429. The van der Waals surface area contributed by atoms with E-state index in [1.807, 2.05) is 0 Å². The summed E-state index contributed by atoms with van der Waals surface area (Å²) in [5.74, 6) is 1.82. The van der Waals surface area contributed by atoms with E-state index in [0.717, 1.165) is 47.6 Å². The van der Waals surface area contributed by atoms with E-state index in [4.69, 9.17) is 22.7 Å². The van der Waals surface area contributed by atoms with Gasteiger partial charge in [0.25, 0.3) is 0 Å². The molecule has 0 heterocycles. The van der Waals surface area contributed by atoms with Gasteiger partial charge in [0.2, 0.25) is 0 Å². The highest BCUT2D eigenvalue weighted by molar-refractivity contribution is 7.99. The molecule has 1 aliphatic rings. The van der Waals surface area contributed by atoms with Crippen LogP contribution in [0.25, 0.3) is 0 Å². The fraction of sp³-hybridized carbons (Fsp3) is 0.562. The van der Waals surface area contributed by atoms with Crippen molar-refractivity contribution < 1.29 is 4.74 Å². The first-order valence-corrected chi connectivity index (χ1v) is 8.87. The van der Waals surface area contributed by atoms with E-state index >= 15 is 0 Å². The lowest BCUT2D eigenvalue weighted by Gasteiger charge is -2.23. The summed E-state index contributed by atoms with van der Waals surface area (Å²) in [5.41, 5.74) is 8.03. The van der Waals surface area contributed by atoms with E-state index < -0.39 is 0 Å². The molecule has 0 saturated heterocycles. The van der Waals surface area contributed by atoms with Crippen LogP contribution in [0.5, 0.6) is 0 Å². The van der Waals surface area contributed by atoms with Gasteiger partial charge >= 0.3 is 0 Å². The van der Waals surface area contributed by atoms with Crippen LogP contribution < -0.4 is 10.6 Å². The summed E-state index contributed by atoms with van der Waals surface area (Å²) < 4.78 is 5.72. The molecule has 0 amide bonds. The Balaban J connectivity index is 2.01. The van der Waals surface area contributed by atoms with Crippen LogP contribution in [0.4, 0.5) is 5.69 Å². The predicted octanol–water partition coefficient (Wildman–Crippen LogP) is 3.30. The van der Waals surface area contributed by atoms with Crippen molar-refractivity contribution in [1.29, 1.82) is 0 Å². The van der Waals surface area contributed by atoms with Gasteiger partial charge in [-0.25, -0.2) is 0 Å². The molecule has 1 fully saturated rings. The minimum atomic E-state index is 0.465. The zero-order valence-electron chi connectivity index (χ0n) is 12.8. The summed E-state index contributed by atoms with van der Waals surface area (Å²) in [6.07, 6.45) is 2.66. The third kappa shape index (κ3) is 4.87. The minimum Gasteiger partial charge on any atom is -0.389 e. The van der Waals surface area contributed by atoms with Crippen LogP contribution in [0.1, 0.15) is 25.3 Å². The Kier molecular flexibility index (Phi) is 6.33. The molecule has 1 saturated carbocycles. The SMILES string of the molecule is CCSc1cccc(N(C)CCOCC2CC2)c1C(N)=S. The summed E-state index contributed by atoms with van der Waals surface area (Å²) >= 11 is 7.03. The molecular formula is C16H24N2OS2. The lowest BCUT2D eigenvalue weighted by Crippen LogP contribution is -2.26. The van der Waals surface area contributed by atoms with Crippen molar-refractivity contribution in [2.45, 2.75) is 24.7 Å². The number of anilines is 1. The average molecular weight is 325 g/mol. The van der Waals surface area contributed by atoms with Crippen molar-refractivity contribution in [3.8, 4) is 0 Å². The third-order valence-electron chi connectivity index (χ3n) is 3.58. The highest BCUT2D eigenvalue weighted by Gasteiger charge is 2.21. The molecular weight excluding hydrogens is 300 g/mol. The molecule has 116 valence electrons. The Morgan fingerprint density at radius 1 is 1.48 bits per heavy atom. The molecule has 5 heteroatoms. The fourth-order valence-electron chi connectivity index (χ4n) is 2.22. The van der Waals surface area contributed by atoms with Crippen LogP contribution in [0.15, 0.2) is 23.1 Å². The van der Waals surface area contributed by atoms with Gasteiger partial charge in [0.1, 0.15) is 4.99 Å². The molecule has 2 rings (SSSR count). The van der Waals surface area contributed by atoms with E-state index in [9.17, 15) is 0 Å². The number of nitrogens with two attached hydrogens (primary N) is 1. The summed E-state index contributed by atoms with van der Waals surface area (Å²) in [4.78, 5) is 3.81. The van der Waals surface area contributed by atoms with Gasteiger partial charge in [-0.05, 0) is 36.6 Å². The predicted molar refractivity (Wildman–Crippen MR) is 95.5 cm³/mol. The van der Waals surface area contributed by atoms with Crippen molar-refractivity contribution in [2.75, 3.05) is 37.5 Å². The monoisotopic (exact) mass is 324 g/mol. The highest BCUT2D eigenvalue weighted by atomic mass is 32.2. The molecule has 0 atom stereocenters. The molecule has 2 N–H and O–H groups in total. The number of nitrogens with zero attached hydrogens (tertiary/aromatic N) is 1. The van der Waals surface area contributed by atoms with Crippen molar-refractivity contribution >= 4 is 34.7 Å². The zero-order valence-corrected chi connectivity index (χ0v) is 14.4. The molecule has 0 aromatic heterocycles. The highest BCUT2D eigenvalue weighted by Crippen LogP contribution is 2.31. The molecule has 0 bridgehead atoms. The number of thioether (sulfide) groups is 1. The zero-order chi connectivity index (χ0) is 15.2. The second kappa shape index (κ2) is 8.01.